The van der Waals surface area contributed by atoms with E-state index in [-0.39, 0.29) is 34.7 Å². The maximum Gasteiger partial charge on any atom is 0.407 e. The standard InChI is InChI=1S/C34H38F4N6O5S/c1-20-27(35)28(44-50(46,47)19-16-34(36,37)38)23-8-5-6-9-24(23)29(20)48-30-25(10-7-17-39-30)26-15-18-40-31(43-26)41-21-11-13-22(14-12-21)42-32(45)49-33(2,3)4/h5-10,15,17-18,21-22,44H,11-14,16,19H2,1-4H3,(H,42,45)(H,40,41,43)/t21-,22-. The Morgan fingerprint density at radius 1 is 0.940 bits per heavy atom. The molecule has 4 aromatic rings. The van der Waals surface area contributed by atoms with Gasteiger partial charge in [0.2, 0.25) is 21.9 Å². The first-order valence-corrected chi connectivity index (χ1v) is 17.6. The quantitative estimate of drug-likeness (QED) is 0.140. The van der Waals surface area contributed by atoms with Crippen LogP contribution >= 0.6 is 0 Å². The zero-order valence-corrected chi connectivity index (χ0v) is 28.7. The van der Waals surface area contributed by atoms with Crippen LogP contribution in [-0.2, 0) is 14.8 Å². The van der Waals surface area contributed by atoms with Crippen LogP contribution in [0.5, 0.6) is 11.6 Å². The van der Waals surface area contributed by atoms with E-state index >= 15 is 4.39 Å². The van der Waals surface area contributed by atoms with Crippen molar-refractivity contribution in [3.05, 3.63) is 66.2 Å². The third kappa shape index (κ3) is 9.49. The van der Waals surface area contributed by atoms with E-state index < -0.39 is 51.6 Å². The second-order valence-corrected chi connectivity index (χ2v) is 14.9. The summed E-state index contributed by atoms with van der Waals surface area (Å²) < 4.78 is 92.7. The molecule has 0 atom stereocenters. The first kappa shape index (κ1) is 36.5. The molecular weight excluding hydrogens is 680 g/mol. The number of hydrogen-bond acceptors (Lipinski definition) is 9. The molecule has 2 heterocycles. The van der Waals surface area contributed by atoms with Gasteiger partial charge in [-0.1, -0.05) is 24.3 Å². The molecular formula is C34H38F4N6O5S. The second-order valence-electron chi connectivity index (χ2n) is 13.0. The zero-order chi connectivity index (χ0) is 36.3. The number of alkyl halides is 3. The van der Waals surface area contributed by atoms with Crippen molar-refractivity contribution >= 4 is 38.5 Å². The topological polar surface area (TPSA) is 144 Å². The highest BCUT2D eigenvalue weighted by Crippen LogP contribution is 2.42. The number of ether oxygens (including phenoxy) is 2. The molecule has 0 bridgehead atoms. The van der Waals surface area contributed by atoms with Gasteiger partial charge in [-0.2, -0.15) is 13.2 Å². The molecule has 1 aliphatic carbocycles. The summed E-state index contributed by atoms with van der Waals surface area (Å²) in [5.74, 6) is -1.77. The molecule has 1 saturated carbocycles. The summed E-state index contributed by atoms with van der Waals surface area (Å²) >= 11 is 0. The van der Waals surface area contributed by atoms with Crippen LogP contribution in [0.25, 0.3) is 22.0 Å². The van der Waals surface area contributed by atoms with Crippen LogP contribution < -0.4 is 20.1 Å². The van der Waals surface area contributed by atoms with Crippen molar-refractivity contribution in [2.75, 3.05) is 15.8 Å². The molecule has 268 valence electrons. The van der Waals surface area contributed by atoms with E-state index in [4.69, 9.17) is 9.47 Å². The fourth-order valence-corrected chi connectivity index (χ4v) is 6.69. The summed E-state index contributed by atoms with van der Waals surface area (Å²) in [7, 11) is -4.55. The molecule has 5 rings (SSSR count). The van der Waals surface area contributed by atoms with Crippen LogP contribution in [-0.4, -0.2) is 59.1 Å². The van der Waals surface area contributed by atoms with E-state index in [1.807, 2.05) is 25.5 Å². The van der Waals surface area contributed by atoms with E-state index in [0.29, 0.717) is 22.6 Å². The average Bonchev–Trinajstić information content (AvgIpc) is 3.04. The highest BCUT2D eigenvalue weighted by Gasteiger charge is 2.31. The number of nitrogens with zero attached hydrogens (tertiary/aromatic N) is 3. The summed E-state index contributed by atoms with van der Waals surface area (Å²) in [6.07, 6.45) is -0.638. The number of sulfonamides is 1. The number of carbonyl (C=O) groups excluding carboxylic acids is 1. The summed E-state index contributed by atoms with van der Waals surface area (Å²) in [6.45, 7) is 6.81. The maximum atomic E-state index is 15.8. The Morgan fingerprint density at radius 2 is 1.62 bits per heavy atom. The molecule has 0 aliphatic heterocycles. The lowest BCUT2D eigenvalue weighted by atomic mass is 9.91. The number of nitrogens with one attached hydrogen (secondary N) is 3. The lowest BCUT2D eigenvalue weighted by Crippen LogP contribution is -2.42. The minimum Gasteiger partial charge on any atom is -0.444 e. The highest BCUT2D eigenvalue weighted by atomic mass is 32.2. The minimum absolute atomic E-state index is 0.00161. The van der Waals surface area contributed by atoms with Crippen molar-refractivity contribution in [1.29, 1.82) is 0 Å². The van der Waals surface area contributed by atoms with Gasteiger partial charge in [0.25, 0.3) is 0 Å². The van der Waals surface area contributed by atoms with E-state index in [1.165, 1.54) is 19.2 Å². The molecule has 3 N–H and O–H groups in total. The summed E-state index contributed by atoms with van der Waals surface area (Å²) in [5.41, 5.74) is -0.220. The van der Waals surface area contributed by atoms with Crippen LogP contribution in [0.1, 0.15) is 58.4 Å². The van der Waals surface area contributed by atoms with E-state index in [0.717, 1.165) is 25.7 Å². The lowest BCUT2D eigenvalue weighted by molar-refractivity contribution is -0.129. The van der Waals surface area contributed by atoms with Crippen molar-refractivity contribution in [3.8, 4) is 22.9 Å². The van der Waals surface area contributed by atoms with E-state index in [2.05, 4.69) is 25.6 Å². The smallest absolute Gasteiger partial charge is 0.407 e. The number of aromatic nitrogens is 3. The van der Waals surface area contributed by atoms with Gasteiger partial charge in [0.05, 0.1) is 29.1 Å². The monoisotopic (exact) mass is 718 g/mol. The first-order valence-electron chi connectivity index (χ1n) is 16.0. The lowest BCUT2D eigenvalue weighted by Gasteiger charge is -2.30. The van der Waals surface area contributed by atoms with Crippen LogP contribution in [0.2, 0.25) is 0 Å². The fourth-order valence-electron chi connectivity index (χ4n) is 5.58. The van der Waals surface area contributed by atoms with Crippen molar-refractivity contribution in [2.24, 2.45) is 0 Å². The van der Waals surface area contributed by atoms with Gasteiger partial charge in [0, 0.05) is 40.8 Å². The molecule has 11 nitrogen and oxygen atoms in total. The predicted octanol–water partition coefficient (Wildman–Crippen LogP) is 7.87. The zero-order valence-electron chi connectivity index (χ0n) is 27.9. The number of rotatable bonds is 10. The van der Waals surface area contributed by atoms with Gasteiger partial charge < -0.3 is 20.1 Å². The molecule has 16 heteroatoms. The van der Waals surface area contributed by atoms with Crippen molar-refractivity contribution < 1.29 is 40.2 Å². The van der Waals surface area contributed by atoms with Crippen LogP contribution in [0, 0.1) is 12.7 Å². The fraction of sp³-hybridized carbons (Fsp3) is 0.412. The van der Waals surface area contributed by atoms with Crippen LogP contribution in [0.3, 0.4) is 0 Å². The number of pyridine rings is 1. The van der Waals surface area contributed by atoms with E-state index in [9.17, 15) is 26.4 Å². The van der Waals surface area contributed by atoms with Crippen molar-refractivity contribution in [3.63, 3.8) is 0 Å². The summed E-state index contributed by atoms with van der Waals surface area (Å²) in [6, 6.07) is 11.3. The molecule has 0 unspecified atom stereocenters. The number of fused-ring (bicyclic) bond motifs is 1. The second kappa shape index (κ2) is 14.6. The number of halogens is 4. The number of anilines is 2. The molecule has 1 amide bonds. The molecule has 0 radical (unpaired) electrons. The third-order valence-corrected chi connectivity index (χ3v) is 9.18. The number of carbonyl (C=O) groups is 1. The first-order chi connectivity index (χ1) is 23.5. The van der Waals surface area contributed by atoms with Crippen molar-refractivity contribution in [1.82, 2.24) is 20.3 Å². The maximum absolute atomic E-state index is 15.8. The third-order valence-electron chi connectivity index (χ3n) is 7.92. The van der Waals surface area contributed by atoms with Gasteiger partial charge in [-0.15, -0.1) is 0 Å². The molecule has 1 fully saturated rings. The minimum atomic E-state index is -4.70. The number of hydrogen-bond donors (Lipinski definition) is 3. The number of benzene rings is 2. The van der Waals surface area contributed by atoms with E-state index in [1.54, 1.807) is 42.6 Å². The Bertz CT molecular complexity index is 1960. The Morgan fingerprint density at radius 3 is 2.30 bits per heavy atom. The SMILES string of the molecule is Cc1c(F)c(NS(=O)(=O)CCC(F)(F)F)c2ccccc2c1Oc1ncccc1-c1ccnc(N[C@H]2CC[C@H](NC(=O)OC(C)(C)C)CC2)n1. The summed E-state index contributed by atoms with van der Waals surface area (Å²) in [4.78, 5) is 25.6. The summed E-state index contributed by atoms with van der Waals surface area (Å²) in [5, 5.41) is 6.68. The molecule has 1 aliphatic rings. The highest BCUT2D eigenvalue weighted by molar-refractivity contribution is 7.92. The van der Waals surface area contributed by atoms with Gasteiger partial charge in [0.15, 0.2) is 5.82 Å². The van der Waals surface area contributed by atoms with Crippen molar-refractivity contribution in [2.45, 2.75) is 83.7 Å². The number of amides is 1. The Kier molecular flexibility index (Phi) is 10.7. The Hall–Kier alpha value is -4.73. The van der Waals surface area contributed by atoms with Gasteiger partial charge in [0.1, 0.15) is 11.4 Å². The Balaban J connectivity index is 1.35. The van der Waals surface area contributed by atoms with Gasteiger partial charge in [-0.25, -0.2) is 32.6 Å². The molecule has 0 spiro atoms. The normalized spacial score (nSPS) is 16.9. The molecule has 50 heavy (non-hydrogen) atoms. The van der Waals surface area contributed by atoms with Gasteiger partial charge in [-0.3, -0.25) is 4.72 Å². The molecule has 2 aromatic heterocycles. The average molecular weight is 719 g/mol. The molecule has 2 aromatic carbocycles. The predicted molar refractivity (Wildman–Crippen MR) is 181 cm³/mol. The van der Waals surface area contributed by atoms with Gasteiger partial charge >= 0.3 is 12.3 Å². The van der Waals surface area contributed by atoms with Crippen LogP contribution in [0.4, 0.5) is 34.0 Å². The number of alkyl carbamates (subject to hydrolysis) is 1. The molecule has 0 saturated heterocycles. The largest absolute Gasteiger partial charge is 0.444 e. The van der Waals surface area contributed by atoms with Gasteiger partial charge in [-0.05, 0) is 71.6 Å². The Labute approximate surface area is 287 Å². The van der Waals surface area contributed by atoms with Crippen LogP contribution in [0.15, 0.2) is 54.9 Å².